The van der Waals surface area contributed by atoms with Crippen LogP contribution < -0.4 is 0 Å². The number of pyridine rings is 1. The zero-order valence-electron chi connectivity index (χ0n) is 10.5. The number of amides is 1. The Kier molecular flexibility index (Phi) is 3.20. The fourth-order valence-electron chi connectivity index (χ4n) is 2.55. The molecule has 1 spiro atoms. The average Bonchev–Trinajstić information content (AvgIpc) is 2.87. The molecule has 0 bridgehead atoms. The molecule has 2 saturated heterocycles. The SMILES string of the molecule is O=C(c1cncc(F)c1)N1CCC2(CC1)OCCO2. The summed E-state index contributed by atoms with van der Waals surface area (Å²) in [6.07, 6.45) is 3.78. The lowest BCUT2D eigenvalue weighted by Crippen LogP contribution is -2.47. The number of piperidine rings is 1. The number of hydrogen-bond acceptors (Lipinski definition) is 4. The lowest BCUT2D eigenvalue weighted by molar-refractivity contribution is -0.181. The van der Waals surface area contributed by atoms with E-state index in [2.05, 4.69) is 4.98 Å². The molecule has 19 heavy (non-hydrogen) atoms. The highest BCUT2D eigenvalue weighted by Gasteiger charge is 2.40. The second-order valence-corrected chi connectivity index (χ2v) is 4.79. The Bertz CT molecular complexity index is 479. The van der Waals surface area contributed by atoms with Gasteiger partial charge in [0.1, 0.15) is 5.82 Å². The van der Waals surface area contributed by atoms with Crippen LogP contribution in [0.5, 0.6) is 0 Å². The number of ether oxygens (including phenoxy) is 2. The Hall–Kier alpha value is -1.53. The van der Waals surface area contributed by atoms with Gasteiger partial charge < -0.3 is 14.4 Å². The van der Waals surface area contributed by atoms with E-state index < -0.39 is 11.6 Å². The minimum Gasteiger partial charge on any atom is -0.347 e. The molecule has 3 heterocycles. The van der Waals surface area contributed by atoms with Crippen LogP contribution in [0.3, 0.4) is 0 Å². The average molecular weight is 266 g/mol. The minimum absolute atomic E-state index is 0.195. The van der Waals surface area contributed by atoms with Crippen molar-refractivity contribution in [3.63, 3.8) is 0 Å². The van der Waals surface area contributed by atoms with E-state index in [1.165, 1.54) is 12.3 Å². The van der Waals surface area contributed by atoms with Gasteiger partial charge in [-0.05, 0) is 6.07 Å². The van der Waals surface area contributed by atoms with Gasteiger partial charge in [0.2, 0.25) is 0 Å². The number of carbonyl (C=O) groups excluding carboxylic acids is 1. The Morgan fingerprint density at radius 1 is 1.26 bits per heavy atom. The Labute approximate surface area is 110 Å². The molecule has 1 aromatic heterocycles. The van der Waals surface area contributed by atoms with E-state index >= 15 is 0 Å². The maximum absolute atomic E-state index is 13.1. The maximum Gasteiger partial charge on any atom is 0.255 e. The third-order valence-electron chi connectivity index (χ3n) is 3.58. The van der Waals surface area contributed by atoms with Crippen molar-refractivity contribution in [1.29, 1.82) is 0 Å². The highest BCUT2D eigenvalue weighted by atomic mass is 19.1. The van der Waals surface area contributed by atoms with Gasteiger partial charge in [-0.2, -0.15) is 0 Å². The Morgan fingerprint density at radius 3 is 2.58 bits per heavy atom. The third kappa shape index (κ3) is 2.46. The first-order valence-electron chi connectivity index (χ1n) is 6.36. The van der Waals surface area contributed by atoms with Crippen molar-refractivity contribution in [1.82, 2.24) is 9.88 Å². The first kappa shape index (κ1) is 12.5. The van der Waals surface area contributed by atoms with Crippen molar-refractivity contribution in [2.24, 2.45) is 0 Å². The van der Waals surface area contributed by atoms with Crippen molar-refractivity contribution in [3.8, 4) is 0 Å². The number of halogens is 1. The van der Waals surface area contributed by atoms with Gasteiger partial charge in [-0.15, -0.1) is 0 Å². The molecule has 102 valence electrons. The van der Waals surface area contributed by atoms with Crippen LogP contribution in [-0.4, -0.2) is 47.9 Å². The number of aromatic nitrogens is 1. The van der Waals surface area contributed by atoms with E-state index in [1.54, 1.807) is 4.90 Å². The van der Waals surface area contributed by atoms with Crippen molar-refractivity contribution in [2.75, 3.05) is 26.3 Å². The van der Waals surface area contributed by atoms with Crippen molar-refractivity contribution < 1.29 is 18.7 Å². The van der Waals surface area contributed by atoms with E-state index in [9.17, 15) is 9.18 Å². The number of nitrogens with zero attached hydrogens (tertiary/aromatic N) is 2. The van der Waals surface area contributed by atoms with E-state index in [-0.39, 0.29) is 11.5 Å². The van der Waals surface area contributed by atoms with Gasteiger partial charge in [0.25, 0.3) is 5.91 Å². The summed E-state index contributed by atoms with van der Waals surface area (Å²) in [6, 6.07) is 1.21. The van der Waals surface area contributed by atoms with Crippen LogP contribution in [0, 0.1) is 5.82 Å². The van der Waals surface area contributed by atoms with Crippen LogP contribution in [0.25, 0.3) is 0 Å². The summed E-state index contributed by atoms with van der Waals surface area (Å²) < 4.78 is 24.3. The van der Waals surface area contributed by atoms with E-state index in [0.717, 1.165) is 6.20 Å². The van der Waals surface area contributed by atoms with Crippen molar-refractivity contribution >= 4 is 5.91 Å². The van der Waals surface area contributed by atoms with Gasteiger partial charge in [0, 0.05) is 32.1 Å². The molecule has 2 fully saturated rings. The molecule has 0 radical (unpaired) electrons. The van der Waals surface area contributed by atoms with E-state index in [0.29, 0.717) is 39.1 Å². The van der Waals surface area contributed by atoms with Crippen LogP contribution in [0.15, 0.2) is 18.5 Å². The number of carbonyl (C=O) groups is 1. The van der Waals surface area contributed by atoms with Crippen LogP contribution >= 0.6 is 0 Å². The van der Waals surface area contributed by atoms with Gasteiger partial charge in [0.05, 0.1) is 25.0 Å². The Morgan fingerprint density at radius 2 is 1.95 bits per heavy atom. The molecule has 2 aliphatic heterocycles. The highest BCUT2D eigenvalue weighted by molar-refractivity contribution is 5.93. The summed E-state index contributed by atoms with van der Waals surface area (Å²) in [6.45, 7) is 2.33. The molecule has 0 unspecified atom stereocenters. The molecule has 0 atom stereocenters. The number of likely N-dealkylation sites (tertiary alicyclic amines) is 1. The Balaban J connectivity index is 1.66. The summed E-state index contributed by atoms with van der Waals surface area (Å²) in [4.78, 5) is 17.6. The topological polar surface area (TPSA) is 51.7 Å². The molecule has 0 saturated carbocycles. The summed E-state index contributed by atoms with van der Waals surface area (Å²) in [7, 11) is 0. The normalized spacial score (nSPS) is 21.8. The second kappa shape index (κ2) is 4.86. The van der Waals surface area contributed by atoms with Gasteiger partial charge in [-0.1, -0.05) is 0 Å². The summed E-state index contributed by atoms with van der Waals surface area (Å²) >= 11 is 0. The van der Waals surface area contributed by atoms with Crippen molar-refractivity contribution in [2.45, 2.75) is 18.6 Å². The van der Waals surface area contributed by atoms with Crippen LogP contribution in [0.2, 0.25) is 0 Å². The fourth-order valence-corrected chi connectivity index (χ4v) is 2.55. The molecule has 6 heteroatoms. The zero-order valence-corrected chi connectivity index (χ0v) is 10.5. The van der Waals surface area contributed by atoms with Crippen molar-refractivity contribution in [3.05, 3.63) is 29.8 Å². The standard InChI is InChI=1S/C13H15FN2O3/c14-11-7-10(8-15-9-11)12(17)16-3-1-13(2-4-16)18-5-6-19-13/h7-9H,1-6H2. The molecule has 1 amide bonds. The fraction of sp³-hybridized carbons (Fsp3) is 0.538. The zero-order chi connectivity index (χ0) is 13.3. The maximum atomic E-state index is 13.1. The van der Waals surface area contributed by atoms with Crippen LogP contribution in [-0.2, 0) is 9.47 Å². The molecule has 3 rings (SSSR count). The monoisotopic (exact) mass is 266 g/mol. The van der Waals surface area contributed by atoms with Crippen LogP contribution in [0.4, 0.5) is 4.39 Å². The number of hydrogen-bond donors (Lipinski definition) is 0. The molecular weight excluding hydrogens is 251 g/mol. The third-order valence-corrected chi connectivity index (χ3v) is 3.58. The lowest BCUT2D eigenvalue weighted by atomic mass is 10.0. The van der Waals surface area contributed by atoms with E-state index in [4.69, 9.17) is 9.47 Å². The molecule has 2 aliphatic rings. The largest absolute Gasteiger partial charge is 0.347 e. The molecular formula is C13H15FN2O3. The quantitative estimate of drug-likeness (QED) is 0.766. The first-order valence-corrected chi connectivity index (χ1v) is 6.36. The van der Waals surface area contributed by atoms with Gasteiger partial charge >= 0.3 is 0 Å². The lowest BCUT2D eigenvalue weighted by Gasteiger charge is -2.37. The van der Waals surface area contributed by atoms with Gasteiger partial charge in [0.15, 0.2) is 5.79 Å². The summed E-state index contributed by atoms with van der Waals surface area (Å²) in [5.41, 5.74) is 0.282. The smallest absolute Gasteiger partial charge is 0.255 e. The van der Waals surface area contributed by atoms with E-state index in [1.807, 2.05) is 0 Å². The second-order valence-electron chi connectivity index (χ2n) is 4.79. The van der Waals surface area contributed by atoms with Crippen LogP contribution in [0.1, 0.15) is 23.2 Å². The molecule has 1 aromatic rings. The van der Waals surface area contributed by atoms with Gasteiger partial charge in [-0.25, -0.2) is 4.39 Å². The predicted molar refractivity (Wildman–Crippen MR) is 64.0 cm³/mol. The minimum atomic E-state index is -0.503. The van der Waals surface area contributed by atoms with Gasteiger partial charge in [-0.3, -0.25) is 9.78 Å². The highest BCUT2D eigenvalue weighted by Crippen LogP contribution is 2.31. The molecule has 0 N–H and O–H groups in total. The molecule has 0 aliphatic carbocycles. The summed E-state index contributed by atoms with van der Waals surface area (Å²) in [5, 5.41) is 0. The molecule has 0 aromatic carbocycles. The number of rotatable bonds is 1. The first-order chi connectivity index (χ1) is 9.19. The molecule has 5 nitrogen and oxygen atoms in total. The predicted octanol–water partition coefficient (Wildman–Crippen LogP) is 1.20. The summed E-state index contributed by atoms with van der Waals surface area (Å²) in [5.74, 6) is -1.20.